The van der Waals surface area contributed by atoms with Crippen LogP contribution in [0.25, 0.3) is 11.3 Å². The average molecular weight is 235 g/mol. The van der Waals surface area contributed by atoms with Crippen molar-refractivity contribution in [3.8, 4) is 11.3 Å². The molecule has 82 valence electrons. The van der Waals surface area contributed by atoms with Crippen molar-refractivity contribution < 1.29 is 9.90 Å². The minimum Gasteiger partial charge on any atom is -0.545 e. The lowest BCUT2D eigenvalue weighted by Crippen LogP contribution is -2.22. The maximum absolute atomic E-state index is 10.5. The fourth-order valence-electron chi connectivity index (χ4n) is 1.29. The Morgan fingerprint density at radius 3 is 2.25 bits per heavy atom. The number of aromatic nitrogens is 1. The summed E-state index contributed by atoms with van der Waals surface area (Å²) in [6.45, 7) is 0. The monoisotopic (exact) mass is 234 g/mol. The molecule has 0 fully saturated rings. The SMILES string of the molecule is Cl.O=C([O-])c1ccc(-c2ccccc2)nc1. The summed E-state index contributed by atoms with van der Waals surface area (Å²) in [5.74, 6) is -1.21. The van der Waals surface area contributed by atoms with E-state index in [0.29, 0.717) is 0 Å². The van der Waals surface area contributed by atoms with Crippen molar-refractivity contribution >= 4 is 18.4 Å². The van der Waals surface area contributed by atoms with Crippen LogP contribution in [0.5, 0.6) is 0 Å². The van der Waals surface area contributed by atoms with Gasteiger partial charge in [0, 0.05) is 17.3 Å². The molecule has 4 heteroatoms. The molecule has 1 heterocycles. The van der Waals surface area contributed by atoms with E-state index in [1.807, 2.05) is 30.3 Å². The summed E-state index contributed by atoms with van der Waals surface area (Å²) < 4.78 is 0. The van der Waals surface area contributed by atoms with Crippen molar-refractivity contribution in [3.63, 3.8) is 0 Å². The van der Waals surface area contributed by atoms with Crippen molar-refractivity contribution in [2.45, 2.75) is 0 Å². The molecule has 1 aromatic carbocycles. The van der Waals surface area contributed by atoms with Crippen LogP contribution < -0.4 is 5.11 Å². The first-order valence-electron chi connectivity index (χ1n) is 4.50. The highest BCUT2D eigenvalue weighted by atomic mass is 35.5. The zero-order valence-electron chi connectivity index (χ0n) is 8.29. The molecule has 0 radical (unpaired) electrons. The minimum atomic E-state index is -1.21. The Balaban J connectivity index is 0.00000128. The van der Waals surface area contributed by atoms with Crippen LogP contribution in [0.2, 0.25) is 0 Å². The number of pyridine rings is 1. The number of halogens is 1. The largest absolute Gasteiger partial charge is 0.545 e. The summed E-state index contributed by atoms with van der Waals surface area (Å²) in [6.07, 6.45) is 1.30. The molecule has 0 bridgehead atoms. The van der Waals surface area contributed by atoms with E-state index in [1.54, 1.807) is 6.07 Å². The highest BCUT2D eigenvalue weighted by Crippen LogP contribution is 2.15. The summed E-state index contributed by atoms with van der Waals surface area (Å²) in [6, 6.07) is 12.7. The Bertz CT molecular complexity index is 468. The lowest BCUT2D eigenvalue weighted by Gasteiger charge is -2.03. The van der Waals surface area contributed by atoms with Crippen molar-refractivity contribution in [3.05, 3.63) is 54.2 Å². The standard InChI is InChI=1S/C12H9NO2.ClH/c14-12(15)10-6-7-11(13-8-10)9-4-2-1-3-5-9;/h1-8H,(H,14,15);1H/p-1. The third kappa shape index (κ3) is 2.58. The topological polar surface area (TPSA) is 53.0 Å². The van der Waals surface area contributed by atoms with Gasteiger partial charge in [0.1, 0.15) is 0 Å². The third-order valence-electron chi connectivity index (χ3n) is 2.07. The first kappa shape index (κ1) is 12.2. The van der Waals surface area contributed by atoms with Gasteiger partial charge >= 0.3 is 0 Å². The number of carbonyl (C=O) groups is 1. The van der Waals surface area contributed by atoms with Gasteiger partial charge in [0.15, 0.2) is 0 Å². The van der Waals surface area contributed by atoms with Crippen LogP contribution in [-0.2, 0) is 0 Å². The van der Waals surface area contributed by atoms with Gasteiger partial charge in [0.2, 0.25) is 0 Å². The Labute approximate surface area is 99.2 Å². The van der Waals surface area contributed by atoms with Crippen LogP contribution in [0.3, 0.4) is 0 Å². The van der Waals surface area contributed by atoms with E-state index >= 15 is 0 Å². The minimum absolute atomic E-state index is 0. The second-order valence-electron chi connectivity index (χ2n) is 3.09. The number of aromatic carboxylic acids is 1. The summed E-state index contributed by atoms with van der Waals surface area (Å²) >= 11 is 0. The molecule has 0 saturated carbocycles. The van der Waals surface area contributed by atoms with Crippen LogP contribution >= 0.6 is 12.4 Å². The summed E-state index contributed by atoms with van der Waals surface area (Å²) in [4.78, 5) is 14.5. The molecule has 0 aliphatic heterocycles. The number of nitrogens with zero attached hydrogens (tertiary/aromatic N) is 1. The van der Waals surface area contributed by atoms with Gasteiger partial charge in [0.25, 0.3) is 0 Å². The number of hydrogen-bond donors (Lipinski definition) is 0. The van der Waals surface area contributed by atoms with E-state index in [1.165, 1.54) is 12.3 Å². The lowest BCUT2D eigenvalue weighted by molar-refractivity contribution is -0.255. The molecule has 0 saturated heterocycles. The predicted octanol–water partition coefficient (Wildman–Crippen LogP) is 1.53. The molecule has 0 spiro atoms. The number of rotatable bonds is 2. The number of hydrogen-bond acceptors (Lipinski definition) is 3. The summed E-state index contributed by atoms with van der Waals surface area (Å²) in [5, 5.41) is 10.5. The first-order valence-corrected chi connectivity index (χ1v) is 4.50. The van der Waals surface area contributed by atoms with Gasteiger partial charge in [-0.1, -0.05) is 30.3 Å². The van der Waals surface area contributed by atoms with E-state index in [-0.39, 0.29) is 18.0 Å². The van der Waals surface area contributed by atoms with Crippen molar-refractivity contribution in [1.82, 2.24) is 4.98 Å². The molecule has 16 heavy (non-hydrogen) atoms. The molecule has 1 aromatic heterocycles. The molecule has 0 atom stereocenters. The Kier molecular flexibility index (Phi) is 4.03. The van der Waals surface area contributed by atoms with Gasteiger partial charge in [-0.3, -0.25) is 4.98 Å². The van der Waals surface area contributed by atoms with Crippen LogP contribution in [0, 0.1) is 0 Å². The van der Waals surface area contributed by atoms with Gasteiger partial charge < -0.3 is 9.90 Å². The molecule has 0 aliphatic rings. The Morgan fingerprint density at radius 2 is 1.75 bits per heavy atom. The fraction of sp³-hybridized carbons (Fsp3) is 0. The second-order valence-corrected chi connectivity index (χ2v) is 3.09. The number of carboxylic acid groups (broad SMARTS) is 1. The van der Waals surface area contributed by atoms with E-state index in [2.05, 4.69) is 4.98 Å². The highest BCUT2D eigenvalue weighted by molar-refractivity contribution is 5.86. The fourth-order valence-corrected chi connectivity index (χ4v) is 1.29. The molecular formula is C12H9ClNO2-. The van der Waals surface area contributed by atoms with E-state index in [0.717, 1.165) is 11.3 Å². The maximum atomic E-state index is 10.5. The maximum Gasteiger partial charge on any atom is 0.0730 e. The Morgan fingerprint density at radius 1 is 1.06 bits per heavy atom. The zero-order valence-corrected chi connectivity index (χ0v) is 9.11. The second kappa shape index (κ2) is 5.28. The van der Waals surface area contributed by atoms with Gasteiger partial charge in [-0.05, 0) is 12.1 Å². The van der Waals surface area contributed by atoms with Crippen molar-refractivity contribution in [1.29, 1.82) is 0 Å². The molecule has 0 aliphatic carbocycles. The third-order valence-corrected chi connectivity index (χ3v) is 2.07. The zero-order chi connectivity index (χ0) is 10.7. The number of carbonyl (C=O) groups excluding carboxylic acids is 1. The van der Waals surface area contributed by atoms with E-state index in [4.69, 9.17) is 0 Å². The first-order chi connectivity index (χ1) is 7.27. The number of benzene rings is 1. The van der Waals surface area contributed by atoms with Gasteiger partial charge in [0.05, 0.1) is 11.7 Å². The summed E-state index contributed by atoms with van der Waals surface area (Å²) in [7, 11) is 0. The summed E-state index contributed by atoms with van der Waals surface area (Å²) in [5.41, 5.74) is 1.80. The van der Waals surface area contributed by atoms with E-state index < -0.39 is 5.97 Å². The molecule has 3 nitrogen and oxygen atoms in total. The Hall–Kier alpha value is -1.87. The quantitative estimate of drug-likeness (QED) is 0.792. The van der Waals surface area contributed by atoms with Crippen molar-refractivity contribution in [2.24, 2.45) is 0 Å². The van der Waals surface area contributed by atoms with Crippen LogP contribution in [0.15, 0.2) is 48.7 Å². The molecule has 2 rings (SSSR count). The smallest absolute Gasteiger partial charge is 0.0730 e. The van der Waals surface area contributed by atoms with Crippen LogP contribution in [0.1, 0.15) is 10.4 Å². The molecule has 0 unspecified atom stereocenters. The molecule has 0 N–H and O–H groups in total. The van der Waals surface area contributed by atoms with Crippen LogP contribution in [-0.4, -0.2) is 11.0 Å². The average Bonchev–Trinajstić information content (AvgIpc) is 2.30. The van der Waals surface area contributed by atoms with Crippen LogP contribution in [0.4, 0.5) is 0 Å². The van der Waals surface area contributed by atoms with E-state index in [9.17, 15) is 9.90 Å². The van der Waals surface area contributed by atoms with Gasteiger partial charge in [-0.25, -0.2) is 0 Å². The lowest BCUT2D eigenvalue weighted by atomic mass is 10.1. The molecule has 2 aromatic rings. The van der Waals surface area contributed by atoms with Gasteiger partial charge in [-0.2, -0.15) is 0 Å². The predicted molar refractivity (Wildman–Crippen MR) is 61.3 cm³/mol. The molecule has 0 amide bonds. The van der Waals surface area contributed by atoms with Crippen molar-refractivity contribution in [2.75, 3.05) is 0 Å². The normalized spacial score (nSPS) is 9.25. The highest BCUT2D eigenvalue weighted by Gasteiger charge is 1.98. The van der Waals surface area contributed by atoms with Gasteiger partial charge in [-0.15, -0.1) is 12.4 Å². The molecular weight excluding hydrogens is 226 g/mol. The number of carboxylic acids is 1.